The summed E-state index contributed by atoms with van der Waals surface area (Å²) in [6.07, 6.45) is 0. The number of alkyl halides is 3. The highest BCUT2D eigenvalue weighted by atomic mass is 32.2. The molecular weight excluding hydrogens is 281 g/mol. The van der Waals surface area contributed by atoms with Crippen molar-refractivity contribution in [2.24, 2.45) is 5.73 Å². The van der Waals surface area contributed by atoms with Gasteiger partial charge in [-0.2, -0.15) is 13.2 Å². The Kier molecular flexibility index (Phi) is 5.34. The lowest BCUT2D eigenvalue weighted by molar-refractivity contribution is -0.0329. The number of nitrogens with one attached hydrogen (secondary N) is 1. The van der Waals surface area contributed by atoms with Gasteiger partial charge in [0.25, 0.3) is 0 Å². The summed E-state index contributed by atoms with van der Waals surface area (Å²) >= 11 is -0.150. The van der Waals surface area contributed by atoms with Crippen LogP contribution in [0.5, 0.6) is 11.5 Å². The number of rotatable bonds is 6. The van der Waals surface area contributed by atoms with Crippen molar-refractivity contribution in [3.63, 3.8) is 0 Å². The molecule has 0 bridgehead atoms. The number of thioether (sulfide) groups is 1. The first-order chi connectivity index (χ1) is 8.81. The Morgan fingerprint density at radius 2 is 1.95 bits per heavy atom. The molecular formula is C11H13F3N2O2S. The second-order valence-corrected chi connectivity index (χ2v) is 4.61. The van der Waals surface area contributed by atoms with Crippen molar-refractivity contribution in [1.82, 2.24) is 0 Å². The number of amidine groups is 1. The van der Waals surface area contributed by atoms with Crippen LogP contribution in [0.25, 0.3) is 0 Å². The van der Waals surface area contributed by atoms with E-state index in [0.717, 1.165) is 0 Å². The smallest absolute Gasteiger partial charge is 0.441 e. The van der Waals surface area contributed by atoms with E-state index >= 15 is 0 Å². The van der Waals surface area contributed by atoms with E-state index < -0.39 is 5.51 Å². The topological polar surface area (TPSA) is 68.3 Å². The summed E-state index contributed by atoms with van der Waals surface area (Å²) < 4.78 is 45.9. The lowest BCUT2D eigenvalue weighted by Gasteiger charge is -2.10. The maximum atomic E-state index is 11.9. The van der Waals surface area contributed by atoms with Crippen LogP contribution in [0.1, 0.15) is 5.56 Å². The fraction of sp³-hybridized carbons (Fsp3) is 0.364. The van der Waals surface area contributed by atoms with Crippen LogP contribution >= 0.6 is 11.8 Å². The molecule has 0 saturated carbocycles. The molecule has 3 N–H and O–H groups in total. The average Bonchev–Trinajstić information content (AvgIpc) is 2.33. The Morgan fingerprint density at radius 3 is 2.47 bits per heavy atom. The number of ether oxygens (including phenoxy) is 2. The predicted octanol–water partition coefficient (Wildman–Crippen LogP) is 2.61. The zero-order chi connectivity index (χ0) is 14.5. The maximum Gasteiger partial charge on any atom is 0.441 e. The van der Waals surface area contributed by atoms with E-state index in [1.54, 1.807) is 6.07 Å². The fourth-order valence-corrected chi connectivity index (χ4v) is 1.64. The van der Waals surface area contributed by atoms with Crippen LogP contribution in [-0.4, -0.2) is 30.8 Å². The van der Waals surface area contributed by atoms with Gasteiger partial charge in [0.1, 0.15) is 17.3 Å². The highest BCUT2D eigenvalue weighted by molar-refractivity contribution is 8.00. The molecule has 0 aromatic heterocycles. The SMILES string of the molecule is COc1cc(OCCSC(F)(F)F)cc(C(=N)N)c1. The molecule has 0 fully saturated rings. The number of hydrogen-bond acceptors (Lipinski definition) is 4. The normalized spacial score (nSPS) is 11.2. The third kappa shape index (κ3) is 5.73. The van der Waals surface area contributed by atoms with Gasteiger partial charge in [0.05, 0.1) is 13.7 Å². The van der Waals surface area contributed by atoms with Gasteiger partial charge in [-0.25, -0.2) is 0 Å². The summed E-state index contributed by atoms with van der Waals surface area (Å²) in [5.41, 5.74) is 1.46. The number of nitrogens with two attached hydrogens (primary N) is 1. The van der Waals surface area contributed by atoms with Crippen molar-refractivity contribution < 1.29 is 22.6 Å². The van der Waals surface area contributed by atoms with Crippen molar-refractivity contribution in [2.75, 3.05) is 19.5 Å². The third-order valence-electron chi connectivity index (χ3n) is 2.04. The van der Waals surface area contributed by atoms with E-state index in [-0.39, 0.29) is 30.0 Å². The monoisotopic (exact) mass is 294 g/mol. The Bertz CT molecular complexity index is 452. The number of halogens is 3. The van der Waals surface area contributed by atoms with E-state index in [0.29, 0.717) is 17.1 Å². The van der Waals surface area contributed by atoms with Gasteiger partial charge in [-0.1, -0.05) is 0 Å². The molecule has 0 heterocycles. The molecule has 8 heteroatoms. The number of benzene rings is 1. The molecule has 1 aromatic rings. The first-order valence-corrected chi connectivity index (χ1v) is 6.17. The van der Waals surface area contributed by atoms with Crippen LogP contribution in [0.2, 0.25) is 0 Å². The summed E-state index contributed by atoms with van der Waals surface area (Å²) in [5.74, 6) is 0.350. The molecule has 0 radical (unpaired) electrons. The van der Waals surface area contributed by atoms with Gasteiger partial charge in [0.2, 0.25) is 0 Å². The van der Waals surface area contributed by atoms with Crippen LogP contribution in [0.15, 0.2) is 18.2 Å². The van der Waals surface area contributed by atoms with Gasteiger partial charge in [-0.05, 0) is 23.9 Å². The van der Waals surface area contributed by atoms with Crippen molar-refractivity contribution in [3.8, 4) is 11.5 Å². The lowest BCUT2D eigenvalue weighted by atomic mass is 10.2. The van der Waals surface area contributed by atoms with E-state index in [9.17, 15) is 13.2 Å². The lowest BCUT2D eigenvalue weighted by Crippen LogP contribution is -2.12. The Balaban J connectivity index is 2.62. The zero-order valence-corrected chi connectivity index (χ0v) is 10.9. The summed E-state index contributed by atoms with van der Waals surface area (Å²) in [6, 6.07) is 4.54. The minimum atomic E-state index is -4.26. The summed E-state index contributed by atoms with van der Waals surface area (Å²) in [5, 5.41) is 7.31. The highest BCUT2D eigenvalue weighted by Crippen LogP contribution is 2.30. The zero-order valence-electron chi connectivity index (χ0n) is 10.1. The second-order valence-electron chi connectivity index (χ2n) is 3.45. The van der Waals surface area contributed by atoms with E-state index in [2.05, 4.69) is 0 Å². The molecule has 4 nitrogen and oxygen atoms in total. The fourth-order valence-electron chi connectivity index (χ4n) is 1.25. The minimum absolute atomic E-state index is 0.102. The van der Waals surface area contributed by atoms with E-state index in [4.69, 9.17) is 20.6 Å². The molecule has 0 amide bonds. The summed E-state index contributed by atoms with van der Waals surface area (Å²) in [6.45, 7) is -0.102. The Morgan fingerprint density at radius 1 is 1.32 bits per heavy atom. The van der Waals surface area contributed by atoms with Crippen LogP contribution in [0, 0.1) is 5.41 Å². The van der Waals surface area contributed by atoms with Gasteiger partial charge in [0, 0.05) is 17.4 Å². The summed E-state index contributed by atoms with van der Waals surface area (Å²) in [4.78, 5) is 0. The Labute approximate surface area is 112 Å². The van der Waals surface area contributed by atoms with Crippen molar-refractivity contribution in [3.05, 3.63) is 23.8 Å². The van der Waals surface area contributed by atoms with Crippen molar-refractivity contribution in [1.29, 1.82) is 5.41 Å². The molecule has 1 rings (SSSR count). The third-order valence-corrected chi connectivity index (χ3v) is 2.74. The highest BCUT2D eigenvalue weighted by Gasteiger charge is 2.27. The first-order valence-electron chi connectivity index (χ1n) is 5.19. The largest absolute Gasteiger partial charge is 0.497 e. The van der Waals surface area contributed by atoms with Crippen molar-refractivity contribution in [2.45, 2.75) is 5.51 Å². The van der Waals surface area contributed by atoms with Crippen LogP contribution in [0.3, 0.4) is 0 Å². The Hall–Kier alpha value is -1.57. The predicted molar refractivity (Wildman–Crippen MR) is 68.0 cm³/mol. The van der Waals surface area contributed by atoms with Crippen LogP contribution < -0.4 is 15.2 Å². The molecule has 0 unspecified atom stereocenters. The second kappa shape index (κ2) is 6.55. The van der Waals surface area contributed by atoms with Gasteiger partial charge in [0.15, 0.2) is 0 Å². The number of methoxy groups -OCH3 is 1. The maximum absolute atomic E-state index is 11.9. The van der Waals surface area contributed by atoms with Crippen molar-refractivity contribution >= 4 is 17.6 Å². The van der Waals surface area contributed by atoms with E-state index in [1.165, 1.54) is 19.2 Å². The molecule has 0 atom stereocenters. The van der Waals surface area contributed by atoms with Gasteiger partial charge in [-0.15, -0.1) is 0 Å². The molecule has 0 saturated heterocycles. The molecule has 0 spiro atoms. The number of nitrogen functional groups attached to an aromatic ring is 1. The first kappa shape index (κ1) is 15.5. The van der Waals surface area contributed by atoms with E-state index in [1.807, 2.05) is 0 Å². The molecule has 0 aliphatic rings. The standard InChI is InChI=1S/C11H13F3N2O2S/c1-17-8-4-7(10(15)16)5-9(6-8)18-2-3-19-11(12,13)14/h4-6H,2-3H2,1H3,(H3,15,16). The summed E-state index contributed by atoms with van der Waals surface area (Å²) in [7, 11) is 1.43. The minimum Gasteiger partial charge on any atom is -0.497 e. The molecule has 0 aliphatic carbocycles. The molecule has 19 heavy (non-hydrogen) atoms. The van der Waals surface area contributed by atoms with Crippen LogP contribution in [-0.2, 0) is 0 Å². The molecule has 1 aromatic carbocycles. The van der Waals surface area contributed by atoms with Gasteiger partial charge in [-0.3, -0.25) is 5.41 Å². The number of hydrogen-bond donors (Lipinski definition) is 2. The van der Waals surface area contributed by atoms with Gasteiger partial charge < -0.3 is 15.2 Å². The quantitative estimate of drug-likeness (QED) is 0.481. The molecule has 106 valence electrons. The molecule has 0 aliphatic heterocycles. The van der Waals surface area contributed by atoms with Gasteiger partial charge >= 0.3 is 5.51 Å². The average molecular weight is 294 g/mol. The van der Waals surface area contributed by atoms with Crippen LogP contribution in [0.4, 0.5) is 13.2 Å².